The number of fused-ring (bicyclic) bond motifs is 7. The van der Waals surface area contributed by atoms with Crippen molar-refractivity contribution < 1.29 is 4.42 Å². The highest BCUT2D eigenvalue weighted by atomic mass is 16.3. The quantitative estimate of drug-likeness (QED) is 0.366. The number of nitrogens with zero attached hydrogens (tertiary/aromatic N) is 1. The van der Waals surface area contributed by atoms with Crippen LogP contribution in [0.15, 0.2) is 59.0 Å². The molecule has 25 heavy (non-hydrogen) atoms. The summed E-state index contributed by atoms with van der Waals surface area (Å²) in [6.45, 7) is 2.24. The predicted molar refractivity (Wildman–Crippen MR) is 106 cm³/mol. The molecule has 0 unspecified atom stereocenters. The van der Waals surface area contributed by atoms with Crippen LogP contribution in [0, 0.1) is 0 Å². The fourth-order valence-electron chi connectivity index (χ4n) is 4.07. The van der Waals surface area contributed by atoms with E-state index in [4.69, 9.17) is 4.42 Å². The molecule has 0 radical (unpaired) electrons. The topological polar surface area (TPSA) is 18.1 Å². The van der Waals surface area contributed by atoms with Crippen molar-refractivity contribution in [3.8, 4) is 0 Å². The zero-order chi connectivity index (χ0) is 17.0. The fourth-order valence-corrected chi connectivity index (χ4v) is 4.07. The second kappa shape index (κ2) is 5.38. The van der Waals surface area contributed by atoms with Gasteiger partial charge in [0.15, 0.2) is 5.58 Å². The van der Waals surface area contributed by atoms with Crippen molar-refractivity contribution in [2.45, 2.75) is 26.2 Å². The summed E-state index contributed by atoms with van der Waals surface area (Å²) >= 11 is 0. The Bertz CT molecular complexity index is 1240. The molecule has 0 bridgehead atoms. The van der Waals surface area contributed by atoms with Crippen molar-refractivity contribution >= 4 is 43.7 Å². The molecule has 5 rings (SSSR count). The molecular formula is C23H21NO. The summed E-state index contributed by atoms with van der Waals surface area (Å²) in [5, 5.41) is 4.99. The maximum atomic E-state index is 6.25. The van der Waals surface area contributed by atoms with Gasteiger partial charge in [-0.3, -0.25) is 0 Å². The number of aromatic nitrogens is 1. The van der Waals surface area contributed by atoms with Gasteiger partial charge in [0.05, 0.1) is 5.52 Å². The van der Waals surface area contributed by atoms with Gasteiger partial charge in [-0.1, -0.05) is 43.7 Å². The lowest BCUT2D eigenvalue weighted by molar-refractivity contribution is 0.670. The molecule has 0 saturated carbocycles. The van der Waals surface area contributed by atoms with Gasteiger partial charge in [-0.05, 0) is 42.7 Å². The van der Waals surface area contributed by atoms with Gasteiger partial charge in [0, 0.05) is 34.1 Å². The Morgan fingerprint density at radius 3 is 2.60 bits per heavy atom. The molecule has 0 fully saturated rings. The number of rotatable bonds is 3. The normalized spacial score (nSPS) is 12.1. The Morgan fingerprint density at radius 2 is 1.72 bits per heavy atom. The van der Waals surface area contributed by atoms with Crippen molar-refractivity contribution in [1.82, 2.24) is 4.57 Å². The Labute approximate surface area is 146 Å². The third-order valence-electron chi connectivity index (χ3n) is 5.39. The molecule has 0 aliphatic carbocycles. The van der Waals surface area contributed by atoms with Crippen molar-refractivity contribution in [3.63, 3.8) is 0 Å². The largest absolute Gasteiger partial charge is 0.454 e. The summed E-state index contributed by atoms with van der Waals surface area (Å²) in [5.41, 5.74) is 5.83. The molecule has 2 heteroatoms. The number of unbranched alkanes of at least 4 members (excludes halogenated alkanes) is 1. The van der Waals surface area contributed by atoms with Crippen LogP contribution < -0.4 is 0 Å². The standard InChI is InChI=1S/C23H21NO/c1-3-4-7-15-10-13-20-19(14-15)17-11-12-18-16-8-5-6-9-21(16)25-23(18)22(17)24(20)2/h5-6,8-14H,3-4,7H2,1-2H3. The molecule has 0 saturated heterocycles. The highest BCUT2D eigenvalue weighted by Gasteiger charge is 2.16. The Hall–Kier alpha value is -2.74. The second-order valence-electron chi connectivity index (χ2n) is 6.95. The SMILES string of the molecule is CCCCc1ccc2c(c1)c1ccc3c4ccccc4oc3c1n2C. The molecular weight excluding hydrogens is 306 g/mol. The van der Waals surface area contributed by atoms with Gasteiger partial charge in [0.1, 0.15) is 5.58 Å². The van der Waals surface area contributed by atoms with Gasteiger partial charge < -0.3 is 8.98 Å². The van der Waals surface area contributed by atoms with Gasteiger partial charge in [0.25, 0.3) is 0 Å². The van der Waals surface area contributed by atoms with E-state index in [0.717, 1.165) is 17.6 Å². The first kappa shape index (κ1) is 14.6. The maximum absolute atomic E-state index is 6.25. The molecule has 5 aromatic rings. The first-order valence-corrected chi connectivity index (χ1v) is 9.09. The highest BCUT2D eigenvalue weighted by Crippen LogP contribution is 2.38. The summed E-state index contributed by atoms with van der Waals surface area (Å²) < 4.78 is 8.53. The highest BCUT2D eigenvalue weighted by molar-refractivity contribution is 6.20. The zero-order valence-electron chi connectivity index (χ0n) is 14.7. The molecule has 0 atom stereocenters. The van der Waals surface area contributed by atoms with E-state index in [1.165, 1.54) is 51.0 Å². The minimum absolute atomic E-state index is 0.957. The lowest BCUT2D eigenvalue weighted by atomic mass is 10.0. The molecule has 0 spiro atoms. The van der Waals surface area contributed by atoms with Gasteiger partial charge in [-0.2, -0.15) is 0 Å². The minimum atomic E-state index is 0.957. The van der Waals surface area contributed by atoms with Crippen LogP contribution in [0.4, 0.5) is 0 Å². The van der Waals surface area contributed by atoms with E-state index in [2.05, 4.69) is 61.0 Å². The average molecular weight is 327 g/mol. The molecule has 3 aromatic carbocycles. The summed E-state index contributed by atoms with van der Waals surface area (Å²) in [7, 11) is 2.14. The fraction of sp³-hybridized carbons (Fsp3) is 0.217. The number of benzene rings is 3. The third-order valence-corrected chi connectivity index (χ3v) is 5.39. The van der Waals surface area contributed by atoms with Gasteiger partial charge >= 0.3 is 0 Å². The molecule has 124 valence electrons. The van der Waals surface area contributed by atoms with Crippen LogP contribution >= 0.6 is 0 Å². The average Bonchev–Trinajstić information content (AvgIpc) is 3.16. The number of para-hydroxylation sites is 1. The summed E-state index contributed by atoms with van der Waals surface area (Å²) in [6, 6.07) is 19.6. The first-order chi connectivity index (χ1) is 12.3. The second-order valence-corrected chi connectivity index (χ2v) is 6.95. The van der Waals surface area contributed by atoms with Crippen LogP contribution in [-0.4, -0.2) is 4.57 Å². The van der Waals surface area contributed by atoms with Crippen LogP contribution in [0.1, 0.15) is 25.3 Å². The van der Waals surface area contributed by atoms with Crippen molar-refractivity contribution in [2.24, 2.45) is 7.05 Å². The lowest BCUT2D eigenvalue weighted by Gasteiger charge is -2.01. The van der Waals surface area contributed by atoms with Gasteiger partial charge in [0.2, 0.25) is 0 Å². The minimum Gasteiger partial charge on any atom is -0.454 e. The van der Waals surface area contributed by atoms with Crippen molar-refractivity contribution in [1.29, 1.82) is 0 Å². The van der Waals surface area contributed by atoms with E-state index in [0.29, 0.717) is 0 Å². The Balaban J connectivity index is 1.88. The van der Waals surface area contributed by atoms with Crippen LogP contribution in [-0.2, 0) is 13.5 Å². The van der Waals surface area contributed by atoms with Crippen LogP contribution in [0.2, 0.25) is 0 Å². The van der Waals surface area contributed by atoms with E-state index in [9.17, 15) is 0 Å². The lowest BCUT2D eigenvalue weighted by Crippen LogP contribution is -1.88. The first-order valence-electron chi connectivity index (χ1n) is 9.09. The van der Waals surface area contributed by atoms with Crippen LogP contribution in [0.3, 0.4) is 0 Å². The number of hydrogen-bond acceptors (Lipinski definition) is 1. The Morgan fingerprint density at radius 1 is 0.880 bits per heavy atom. The van der Waals surface area contributed by atoms with E-state index in [-0.39, 0.29) is 0 Å². The summed E-state index contributed by atoms with van der Waals surface area (Å²) in [5.74, 6) is 0. The van der Waals surface area contributed by atoms with Crippen LogP contribution in [0.5, 0.6) is 0 Å². The zero-order valence-corrected chi connectivity index (χ0v) is 14.7. The number of furan rings is 1. The molecule has 2 nitrogen and oxygen atoms in total. The number of hydrogen-bond donors (Lipinski definition) is 0. The molecule has 2 heterocycles. The van der Waals surface area contributed by atoms with Crippen molar-refractivity contribution in [2.75, 3.05) is 0 Å². The van der Waals surface area contributed by atoms with Gasteiger partial charge in [-0.15, -0.1) is 0 Å². The number of aryl methyl sites for hydroxylation is 2. The summed E-state index contributed by atoms with van der Waals surface area (Å²) in [4.78, 5) is 0. The monoisotopic (exact) mass is 327 g/mol. The van der Waals surface area contributed by atoms with E-state index in [1.54, 1.807) is 0 Å². The third kappa shape index (κ3) is 2.03. The summed E-state index contributed by atoms with van der Waals surface area (Å²) in [6.07, 6.45) is 3.62. The van der Waals surface area contributed by atoms with Crippen molar-refractivity contribution in [3.05, 3.63) is 60.2 Å². The molecule has 2 aromatic heterocycles. The molecule has 0 aliphatic heterocycles. The molecule has 0 aliphatic rings. The van der Waals surface area contributed by atoms with E-state index in [1.807, 2.05) is 12.1 Å². The van der Waals surface area contributed by atoms with E-state index < -0.39 is 0 Å². The smallest absolute Gasteiger partial charge is 0.159 e. The van der Waals surface area contributed by atoms with Crippen LogP contribution in [0.25, 0.3) is 43.7 Å². The molecule has 0 N–H and O–H groups in total. The predicted octanol–water partition coefficient (Wildman–Crippen LogP) is 6.57. The molecule has 0 amide bonds. The Kier molecular flexibility index (Phi) is 3.14. The van der Waals surface area contributed by atoms with Gasteiger partial charge in [-0.25, -0.2) is 0 Å². The maximum Gasteiger partial charge on any atom is 0.159 e. The van der Waals surface area contributed by atoms with E-state index >= 15 is 0 Å².